The van der Waals surface area contributed by atoms with Crippen molar-refractivity contribution in [2.45, 2.75) is 25.0 Å². The van der Waals surface area contributed by atoms with Crippen LogP contribution in [0.1, 0.15) is 19.0 Å². The van der Waals surface area contributed by atoms with E-state index < -0.39 is 11.7 Å². The SMILES string of the molecule is C[C@H]1CC(O)(c2cc3c(Cl)ncnc3n2C)CN1C(=O)O. The first-order chi connectivity index (χ1) is 9.83. The van der Waals surface area contributed by atoms with Crippen LogP contribution in [0, 0.1) is 0 Å². The molecule has 0 spiro atoms. The number of carboxylic acid groups (broad SMARTS) is 1. The number of amides is 1. The van der Waals surface area contributed by atoms with Crippen LogP contribution >= 0.6 is 11.6 Å². The molecular formula is C13H15ClN4O3. The molecule has 1 unspecified atom stereocenters. The molecule has 0 aliphatic carbocycles. The fourth-order valence-electron chi connectivity index (χ4n) is 3.09. The van der Waals surface area contributed by atoms with Crippen molar-refractivity contribution in [3.8, 4) is 0 Å². The number of aliphatic hydroxyl groups is 1. The number of rotatable bonds is 1. The number of nitrogens with zero attached hydrogens (tertiary/aromatic N) is 4. The molecule has 0 saturated carbocycles. The third-order valence-electron chi connectivity index (χ3n) is 4.09. The molecule has 112 valence electrons. The Hall–Kier alpha value is -1.86. The zero-order valence-electron chi connectivity index (χ0n) is 11.6. The van der Waals surface area contributed by atoms with Crippen molar-refractivity contribution in [1.29, 1.82) is 0 Å². The van der Waals surface area contributed by atoms with Gasteiger partial charge in [-0.25, -0.2) is 14.8 Å². The van der Waals surface area contributed by atoms with Crippen molar-refractivity contribution >= 4 is 28.7 Å². The smallest absolute Gasteiger partial charge is 0.407 e. The van der Waals surface area contributed by atoms with Gasteiger partial charge in [0.15, 0.2) is 0 Å². The maximum absolute atomic E-state index is 11.2. The quantitative estimate of drug-likeness (QED) is 0.780. The first kappa shape index (κ1) is 14.1. The average Bonchev–Trinajstić information content (AvgIpc) is 2.90. The summed E-state index contributed by atoms with van der Waals surface area (Å²) in [6.45, 7) is 1.81. The van der Waals surface area contributed by atoms with Gasteiger partial charge < -0.3 is 19.7 Å². The maximum Gasteiger partial charge on any atom is 0.407 e. The minimum Gasteiger partial charge on any atom is -0.465 e. The molecule has 1 saturated heterocycles. The van der Waals surface area contributed by atoms with Crippen LogP contribution in [0.5, 0.6) is 0 Å². The van der Waals surface area contributed by atoms with E-state index in [1.165, 1.54) is 11.2 Å². The van der Waals surface area contributed by atoms with E-state index in [0.29, 0.717) is 28.3 Å². The minimum absolute atomic E-state index is 0.0265. The van der Waals surface area contributed by atoms with E-state index in [4.69, 9.17) is 11.6 Å². The van der Waals surface area contributed by atoms with Crippen LogP contribution in [0.4, 0.5) is 4.79 Å². The standard InChI is InChI=1S/C13H15ClN4O3/c1-7-4-13(21,5-18(7)12(19)20)9-3-8-10(14)15-6-16-11(8)17(9)2/h3,6-7,21H,4-5H2,1-2H3,(H,19,20)/t7-,13?/m0/s1. The van der Waals surface area contributed by atoms with E-state index >= 15 is 0 Å². The third kappa shape index (κ3) is 2.04. The average molecular weight is 311 g/mol. The summed E-state index contributed by atoms with van der Waals surface area (Å²) in [6.07, 6.45) is 0.656. The predicted molar refractivity (Wildman–Crippen MR) is 76.2 cm³/mol. The van der Waals surface area contributed by atoms with Gasteiger partial charge in [-0.2, -0.15) is 0 Å². The van der Waals surface area contributed by atoms with E-state index in [-0.39, 0.29) is 12.6 Å². The lowest BCUT2D eigenvalue weighted by Gasteiger charge is -2.23. The van der Waals surface area contributed by atoms with Crippen LogP contribution in [0.25, 0.3) is 11.0 Å². The first-order valence-electron chi connectivity index (χ1n) is 6.52. The third-order valence-corrected chi connectivity index (χ3v) is 4.40. The highest BCUT2D eigenvalue weighted by Crippen LogP contribution is 2.38. The van der Waals surface area contributed by atoms with Gasteiger partial charge in [0.2, 0.25) is 0 Å². The van der Waals surface area contributed by atoms with Crippen LogP contribution in [0.3, 0.4) is 0 Å². The number of β-amino-alcohol motifs (C(OH)–C–C–N with tert-alkyl or cyclic N) is 1. The van der Waals surface area contributed by atoms with Gasteiger partial charge in [0, 0.05) is 19.5 Å². The lowest BCUT2D eigenvalue weighted by molar-refractivity contribution is 0.0393. The van der Waals surface area contributed by atoms with E-state index in [1.54, 1.807) is 24.6 Å². The first-order valence-corrected chi connectivity index (χ1v) is 6.89. The van der Waals surface area contributed by atoms with E-state index in [2.05, 4.69) is 9.97 Å². The summed E-state index contributed by atoms with van der Waals surface area (Å²) in [5.41, 5.74) is -0.0494. The van der Waals surface area contributed by atoms with E-state index in [1.807, 2.05) is 0 Å². The molecule has 1 aliphatic heterocycles. The highest BCUT2D eigenvalue weighted by atomic mass is 35.5. The van der Waals surface area contributed by atoms with Crippen molar-refractivity contribution in [2.75, 3.05) is 6.54 Å². The van der Waals surface area contributed by atoms with Crippen molar-refractivity contribution in [1.82, 2.24) is 19.4 Å². The second-order valence-electron chi connectivity index (χ2n) is 5.49. The molecule has 2 atom stereocenters. The van der Waals surface area contributed by atoms with Crippen LogP contribution in [0.2, 0.25) is 5.15 Å². The maximum atomic E-state index is 11.2. The molecule has 7 nitrogen and oxygen atoms in total. The molecular weight excluding hydrogens is 296 g/mol. The molecule has 0 bridgehead atoms. The summed E-state index contributed by atoms with van der Waals surface area (Å²) in [5.74, 6) is 0. The zero-order valence-corrected chi connectivity index (χ0v) is 12.4. The van der Waals surface area contributed by atoms with Gasteiger partial charge in [0.25, 0.3) is 0 Å². The van der Waals surface area contributed by atoms with Gasteiger partial charge in [0.05, 0.1) is 17.6 Å². The fourth-order valence-corrected chi connectivity index (χ4v) is 3.28. The summed E-state index contributed by atoms with van der Waals surface area (Å²) in [6, 6.07) is 1.47. The molecule has 1 aliphatic rings. The Morgan fingerprint density at radius 1 is 1.52 bits per heavy atom. The number of likely N-dealkylation sites (tertiary alicyclic amines) is 1. The Labute approximate surface area is 125 Å². The topological polar surface area (TPSA) is 91.5 Å². The van der Waals surface area contributed by atoms with Crippen LogP contribution in [-0.2, 0) is 12.6 Å². The summed E-state index contributed by atoms with van der Waals surface area (Å²) < 4.78 is 1.74. The van der Waals surface area contributed by atoms with Gasteiger partial charge in [-0.05, 0) is 13.0 Å². The summed E-state index contributed by atoms with van der Waals surface area (Å²) in [5, 5.41) is 21.0. The normalized spacial score (nSPS) is 25.7. The molecule has 1 fully saturated rings. The molecule has 2 aromatic rings. The fraction of sp³-hybridized carbons (Fsp3) is 0.462. The summed E-state index contributed by atoms with van der Waals surface area (Å²) in [4.78, 5) is 20.5. The van der Waals surface area contributed by atoms with E-state index in [9.17, 15) is 15.0 Å². The van der Waals surface area contributed by atoms with Crippen LogP contribution < -0.4 is 0 Å². The zero-order chi connectivity index (χ0) is 15.4. The molecule has 2 N–H and O–H groups in total. The Morgan fingerprint density at radius 2 is 2.24 bits per heavy atom. The molecule has 21 heavy (non-hydrogen) atoms. The number of hydrogen-bond acceptors (Lipinski definition) is 4. The number of aryl methyl sites for hydroxylation is 1. The minimum atomic E-state index is -1.25. The second-order valence-corrected chi connectivity index (χ2v) is 5.84. The Kier molecular flexibility index (Phi) is 3.07. The molecule has 3 rings (SSSR count). The van der Waals surface area contributed by atoms with Gasteiger partial charge in [-0.15, -0.1) is 0 Å². The van der Waals surface area contributed by atoms with Crippen LogP contribution in [-0.4, -0.2) is 48.3 Å². The Bertz CT molecular complexity index is 732. The molecule has 1 amide bonds. The molecule has 0 radical (unpaired) electrons. The van der Waals surface area contributed by atoms with Crippen molar-refractivity contribution in [3.63, 3.8) is 0 Å². The number of halogens is 1. The Balaban J connectivity index is 2.11. The van der Waals surface area contributed by atoms with Gasteiger partial charge in [-0.1, -0.05) is 11.6 Å². The number of aromatic nitrogens is 3. The highest BCUT2D eigenvalue weighted by molar-refractivity contribution is 6.33. The molecule has 0 aromatic carbocycles. The number of carbonyl (C=O) groups is 1. The van der Waals surface area contributed by atoms with Crippen molar-refractivity contribution < 1.29 is 15.0 Å². The lowest BCUT2D eigenvalue weighted by atomic mass is 9.96. The number of fused-ring (bicyclic) bond motifs is 1. The second kappa shape index (κ2) is 4.57. The summed E-state index contributed by atoms with van der Waals surface area (Å²) in [7, 11) is 1.77. The monoisotopic (exact) mass is 310 g/mol. The van der Waals surface area contributed by atoms with E-state index in [0.717, 1.165) is 0 Å². The van der Waals surface area contributed by atoms with Crippen molar-refractivity contribution in [2.24, 2.45) is 7.05 Å². The predicted octanol–water partition coefficient (Wildman–Crippen LogP) is 1.58. The number of hydrogen-bond donors (Lipinski definition) is 2. The summed E-state index contributed by atoms with van der Waals surface area (Å²) >= 11 is 6.05. The Morgan fingerprint density at radius 3 is 2.81 bits per heavy atom. The van der Waals surface area contributed by atoms with Gasteiger partial charge in [-0.3, -0.25) is 0 Å². The molecule has 3 heterocycles. The van der Waals surface area contributed by atoms with Crippen molar-refractivity contribution in [3.05, 3.63) is 23.2 Å². The lowest BCUT2D eigenvalue weighted by Crippen LogP contribution is -2.36. The van der Waals surface area contributed by atoms with Gasteiger partial charge in [0.1, 0.15) is 22.7 Å². The largest absolute Gasteiger partial charge is 0.465 e. The van der Waals surface area contributed by atoms with Gasteiger partial charge >= 0.3 is 6.09 Å². The van der Waals surface area contributed by atoms with Crippen LogP contribution in [0.15, 0.2) is 12.4 Å². The molecule has 2 aromatic heterocycles. The highest BCUT2D eigenvalue weighted by Gasteiger charge is 2.46. The molecule has 8 heteroatoms.